The van der Waals surface area contributed by atoms with Gasteiger partial charge in [-0.3, -0.25) is 4.79 Å². The van der Waals surface area contributed by atoms with Crippen molar-refractivity contribution in [2.75, 3.05) is 0 Å². The van der Waals surface area contributed by atoms with E-state index in [0.717, 1.165) is 0 Å². The Morgan fingerprint density at radius 1 is 1.33 bits per heavy atom. The Labute approximate surface area is 175 Å². The molecular formula is C22H28O8. The van der Waals surface area contributed by atoms with Crippen molar-refractivity contribution in [1.29, 1.82) is 0 Å². The van der Waals surface area contributed by atoms with Crippen molar-refractivity contribution in [3.63, 3.8) is 0 Å². The number of carbonyl (C=O) groups excluding carboxylic acids is 3. The van der Waals surface area contributed by atoms with Crippen LogP contribution in [0.5, 0.6) is 0 Å². The molecule has 0 aromatic heterocycles. The van der Waals surface area contributed by atoms with Crippen LogP contribution in [0, 0.1) is 5.92 Å². The van der Waals surface area contributed by atoms with Gasteiger partial charge in [0.1, 0.15) is 24.4 Å². The zero-order valence-corrected chi connectivity index (χ0v) is 17.8. The maximum atomic E-state index is 12.5. The van der Waals surface area contributed by atoms with Gasteiger partial charge in [0.05, 0.1) is 11.5 Å². The van der Waals surface area contributed by atoms with Crippen LogP contribution in [0.1, 0.15) is 41.0 Å². The lowest BCUT2D eigenvalue weighted by Crippen LogP contribution is -2.45. The summed E-state index contributed by atoms with van der Waals surface area (Å²) < 4.78 is 22.3. The molecule has 0 amide bonds. The molecule has 2 fully saturated rings. The summed E-state index contributed by atoms with van der Waals surface area (Å²) in [5.74, 6) is -2.33. The van der Waals surface area contributed by atoms with Crippen LogP contribution in [0.15, 0.2) is 35.5 Å². The molecule has 1 aliphatic carbocycles. The number of hydrogen-bond acceptors (Lipinski definition) is 8. The maximum Gasteiger partial charge on any atom is 0.334 e. The molecule has 2 aliphatic heterocycles. The highest BCUT2D eigenvalue weighted by Crippen LogP contribution is 2.45. The molecule has 0 aromatic rings. The molecule has 7 unspecified atom stereocenters. The molecule has 3 aliphatic rings. The second-order valence-corrected chi connectivity index (χ2v) is 8.36. The molecule has 0 saturated carbocycles. The number of hydrogen-bond donors (Lipinski definition) is 1. The molecule has 3 rings (SSSR count). The van der Waals surface area contributed by atoms with Gasteiger partial charge in [0, 0.05) is 24.5 Å². The minimum Gasteiger partial charge on any atom is -0.458 e. The van der Waals surface area contributed by atoms with E-state index in [0.29, 0.717) is 11.1 Å². The Hall–Kier alpha value is -2.45. The zero-order chi connectivity index (χ0) is 22.4. The lowest BCUT2D eigenvalue weighted by molar-refractivity contribution is -0.152. The summed E-state index contributed by atoms with van der Waals surface area (Å²) in [7, 11) is 0. The van der Waals surface area contributed by atoms with E-state index in [4.69, 9.17) is 18.9 Å². The van der Waals surface area contributed by atoms with E-state index in [1.165, 1.54) is 6.92 Å². The van der Waals surface area contributed by atoms with Gasteiger partial charge in [0.25, 0.3) is 0 Å². The number of rotatable bonds is 3. The van der Waals surface area contributed by atoms with Crippen LogP contribution in [0.25, 0.3) is 0 Å². The van der Waals surface area contributed by atoms with Gasteiger partial charge in [0.15, 0.2) is 6.10 Å². The van der Waals surface area contributed by atoms with Gasteiger partial charge in [-0.2, -0.15) is 0 Å². The second-order valence-electron chi connectivity index (χ2n) is 8.36. The van der Waals surface area contributed by atoms with E-state index in [2.05, 4.69) is 6.58 Å². The number of esters is 3. The molecule has 2 saturated heterocycles. The first-order valence-corrected chi connectivity index (χ1v) is 9.93. The van der Waals surface area contributed by atoms with Crippen LogP contribution in [0.2, 0.25) is 0 Å². The van der Waals surface area contributed by atoms with E-state index in [1.54, 1.807) is 39.8 Å². The van der Waals surface area contributed by atoms with Crippen LogP contribution < -0.4 is 0 Å². The zero-order valence-electron chi connectivity index (χ0n) is 17.8. The number of allylic oxidation sites excluding steroid dienone is 1. The van der Waals surface area contributed by atoms with Gasteiger partial charge in [-0.1, -0.05) is 12.7 Å². The van der Waals surface area contributed by atoms with Gasteiger partial charge < -0.3 is 24.1 Å². The number of epoxide rings is 1. The minimum atomic E-state index is -1.41. The summed E-state index contributed by atoms with van der Waals surface area (Å²) in [6.07, 6.45) is -0.261. The average molecular weight is 420 g/mol. The highest BCUT2D eigenvalue weighted by molar-refractivity contribution is 5.92. The largest absolute Gasteiger partial charge is 0.458 e. The molecule has 8 heteroatoms. The number of fused-ring (bicyclic) bond motifs is 2. The highest BCUT2D eigenvalue weighted by Gasteiger charge is 2.59. The lowest BCUT2D eigenvalue weighted by Gasteiger charge is -2.33. The third kappa shape index (κ3) is 4.20. The average Bonchev–Trinajstić information content (AvgIpc) is 3.40. The Morgan fingerprint density at radius 2 is 2.00 bits per heavy atom. The summed E-state index contributed by atoms with van der Waals surface area (Å²) in [4.78, 5) is 36.4. The van der Waals surface area contributed by atoms with Crippen LogP contribution in [0.3, 0.4) is 0 Å². The quantitative estimate of drug-likeness (QED) is 0.242. The van der Waals surface area contributed by atoms with Crippen molar-refractivity contribution >= 4 is 17.9 Å². The second kappa shape index (κ2) is 8.00. The minimum absolute atomic E-state index is 0.00654. The lowest BCUT2D eigenvalue weighted by atomic mass is 9.80. The fraction of sp³-hybridized carbons (Fsp3) is 0.591. The summed E-state index contributed by atoms with van der Waals surface area (Å²) in [5.41, 5.74) is -0.232. The molecular weight excluding hydrogens is 392 g/mol. The number of aliphatic hydroxyl groups is 1. The normalized spacial score (nSPS) is 38.6. The standard InChI is InChI=1S/C22H28O8/c1-7-10(2)20(24)29-15-9-22(6,26)19-18(30-19)17(27-13(5)23)11(3)8-14-16(15)12(4)21(25)28-14/h7-8,14-19,26H,4,9H2,1-3,5-6H3/b10-7+,11-8?. The topological polar surface area (TPSA) is 112 Å². The van der Waals surface area contributed by atoms with Crippen LogP contribution in [0.4, 0.5) is 0 Å². The fourth-order valence-electron chi connectivity index (χ4n) is 4.10. The van der Waals surface area contributed by atoms with Crippen molar-refractivity contribution < 1.29 is 38.4 Å². The molecule has 7 atom stereocenters. The van der Waals surface area contributed by atoms with Crippen molar-refractivity contribution in [2.24, 2.45) is 5.92 Å². The SMILES string of the molecule is C=C1C(=O)OC2C=C(C)C(OC(C)=O)C3OC3C(C)(O)CC(OC(=O)/C(C)=C/C)C12. The summed E-state index contributed by atoms with van der Waals surface area (Å²) >= 11 is 0. The first-order chi connectivity index (χ1) is 14.0. The van der Waals surface area contributed by atoms with Gasteiger partial charge in [-0.25, -0.2) is 9.59 Å². The molecule has 8 nitrogen and oxygen atoms in total. The smallest absolute Gasteiger partial charge is 0.334 e. The van der Waals surface area contributed by atoms with Crippen molar-refractivity contribution in [2.45, 2.75) is 77.2 Å². The monoisotopic (exact) mass is 420 g/mol. The molecule has 0 bridgehead atoms. The summed E-state index contributed by atoms with van der Waals surface area (Å²) in [6, 6.07) is 0. The molecule has 30 heavy (non-hydrogen) atoms. The van der Waals surface area contributed by atoms with E-state index >= 15 is 0 Å². The maximum absolute atomic E-state index is 12.5. The van der Waals surface area contributed by atoms with Crippen LogP contribution >= 0.6 is 0 Å². The molecule has 0 radical (unpaired) electrons. The van der Waals surface area contributed by atoms with E-state index < -0.39 is 59.9 Å². The first-order valence-electron chi connectivity index (χ1n) is 9.93. The van der Waals surface area contributed by atoms with E-state index in [1.807, 2.05) is 0 Å². The Balaban J connectivity index is 2.03. The molecule has 164 valence electrons. The van der Waals surface area contributed by atoms with Crippen LogP contribution in [-0.4, -0.2) is 59.1 Å². The van der Waals surface area contributed by atoms with Gasteiger partial charge in [-0.15, -0.1) is 0 Å². The molecule has 0 aromatic carbocycles. The predicted molar refractivity (Wildman–Crippen MR) is 105 cm³/mol. The fourth-order valence-corrected chi connectivity index (χ4v) is 4.10. The summed E-state index contributed by atoms with van der Waals surface area (Å²) in [5, 5.41) is 11.1. The van der Waals surface area contributed by atoms with Crippen molar-refractivity contribution in [1.82, 2.24) is 0 Å². The van der Waals surface area contributed by atoms with Gasteiger partial charge in [-0.05, 0) is 39.3 Å². The van der Waals surface area contributed by atoms with E-state index in [-0.39, 0.29) is 12.0 Å². The Bertz CT molecular complexity index is 836. The Morgan fingerprint density at radius 3 is 2.60 bits per heavy atom. The third-order valence-electron chi connectivity index (χ3n) is 5.90. The van der Waals surface area contributed by atoms with Gasteiger partial charge >= 0.3 is 17.9 Å². The van der Waals surface area contributed by atoms with E-state index in [9.17, 15) is 19.5 Å². The number of ether oxygens (including phenoxy) is 4. The first kappa shape index (κ1) is 22.2. The van der Waals surface area contributed by atoms with Crippen molar-refractivity contribution in [3.05, 3.63) is 35.5 Å². The highest BCUT2D eigenvalue weighted by atomic mass is 16.6. The molecule has 0 spiro atoms. The Kier molecular flexibility index (Phi) is 5.93. The molecule has 1 N–H and O–H groups in total. The summed E-state index contributed by atoms with van der Waals surface area (Å²) in [6.45, 7) is 11.8. The molecule has 2 heterocycles. The predicted octanol–water partition coefficient (Wildman–Crippen LogP) is 1.76. The number of carbonyl (C=O) groups is 3. The van der Waals surface area contributed by atoms with Crippen molar-refractivity contribution in [3.8, 4) is 0 Å². The van der Waals surface area contributed by atoms with Crippen LogP contribution in [-0.2, 0) is 33.3 Å². The third-order valence-corrected chi connectivity index (χ3v) is 5.90. The van der Waals surface area contributed by atoms with Gasteiger partial charge in [0.2, 0.25) is 0 Å².